The standard InChI is InChI=1S/C7H14N2O4/c1-4(5(10)11)3-9-7(2,8)6(12)13/h4,9H,3,8H2,1-2H3,(H,10,11)(H,12,13)/t4?,7-/m0/s1. The lowest BCUT2D eigenvalue weighted by atomic mass is 10.1. The zero-order chi connectivity index (χ0) is 10.6. The van der Waals surface area contributed by atoms with Crippen molar-refractivity contribution in [2.75, 3.05) is 6.54 Å². The smallest absolute Gasteiger partial charge is 0.338 e. The van der Waals surface area contributed by atoms with E-state index in [4.69, 9.17) is 15.9 Å². The Balaban J connectivity index is 4.02. The lowest BCUT2D eigenvalue weighted by molar-refractivity contribution is -0.146. The highest BCUT2D eigenvalue weighted by Gasteiger charge is 2.28. The van der Waals surface area contributed by atoms with E-state index >= 15 is 0 Å². The van der Waals surface area contributed by atoms with Crippen LogP contribution in [0.5, 0.6) is 0 Å². The van der Waals surface area contributed by atoms with Gasteiger partial charge in [-0.3, -0.25) is 10.1 Å². The van der Waals surface area contributed by atoms with Gasteiger partial charge in [0, 0.05) is 6.54 Å². The Bertz CT molecular complexity index is 215. The molecule has 5 N–H and O–H groups in total. The topological polar surface area (TPSA) is 113 Å². The van der Waals surface area contributed by atoms with Crippen LogP contribution in [-0.4, -0.2) is 34.4 Å². The maximum absolute atomic E-state index is 10.5. The van der Waals surface area contributed by atoms with E-state index < -0.39 is 23.5 Å². The minimum atomic E-state index is -1.58. The largest absolute Gasteiger partial charge is 0.481 e. The summed E-state index contributed by atoms with van der Waals surface area (Å²) in [6.45, 7) is 2.76. The molecule has 1 unspecified atom stereocenters. The van der Waals surface area contributed by atoms with Crippen LogP contribution in [0.1, 0.15) is 13.8 Å². The summed E-state index contributed by atoms with van der Waals surface area (Å²) in [5.41, 5.74) is 3.72. The molecule has 0 amide bonds. The SMILES string of the molecule is CC(CN[C@](C)(N)C(=O)O)C(=O)O. The van der Waals surface area contributed by atoms with Crippen LogP contribution in [0.3, 0.4) is 0 Å². The number of carbonyl (C=O) groups is 2. The van der Waals surface area contributed by atoms with Gasteiger partial charge in [0.2, 0.25) is 0 Å². The Kier molecular flexibility index (Phi) is 3.83. The van der Waals surface area contributed by atoms with Crippen LogP contribution in [0.25, 0.3) is 0 Å². The summed E-state index contributed by atoms with van der Waals surface area (Å²) in [7, 11) is 0. The van der Waals surface area contributed by atoms with Gasteiger partial charge in [-0.05, 0) is 6.92 Å². The van der Waals surface area contributed by atoms with Crippen LogP contribution >= 0.6 is 0 Å². The minimum absolute atomic E-state index is 0.0225. The molecule has 0 aliphatic carbocycles. The molecular formula is C7H14N2O4. The predicted octanol–water partition coefficient (Wildman–Crippen LogP) is -0.944. The van der Waals surface area contributed by atoms with Gasteiger partial charge in [-0.25, -0.2) is 4.79 Å². The van der Waals surface area contributed by atoms with E-state index in [2.05, 4.69) is 5.32 Å². The highest BCUT2D eigenvalue weighted by Crippen LogP contribution is 1.97. The number of rotatable bonds is 5. The fourth-order valence-corrected chi connectivity index (χ4v) is 0.528. The Morgan fingerprint density at radius 3 is 2.31 bits per heavy atom. The number of aliphatic carboxylic acids is 2. The summed E-state index contributed by atoms with van der Waals surface area (Å²) in [4.78, 5) is 20.8. The van der Waals surface area contributed by atoms with Gasteiger partial charge >= 0.3 is 11.9 Å². The number of carboxylic acid groups (broad SMARTS) is 2. The molecule has 0 radical (unpaired) electrons. The van der Waals surface area contributed by atoms with Gasteiger partial charge in [-0.1, -0.05) is 6.92 Å². The second-order valence-corrected chi connectivity index (χ2v) is 3.13. The maximum atomic E-state index is 10.5. The molecule has 0 aliphatic rings. The monoisotopic (exact) mass is 190 g/mol. The van der Waals surface area contributed by atoms with Crippen LogP contribution < -0.4 is 11.1 Å². The quantitative estimate of drug-likeness (QED) is 0.416. The zero-order valence-electron chi connectivity index (χ0n) is 7.57. The average molecular weight is 190 g/mol. The summed E-state index contributed by atoms with van der Waals surface area (Å²) < 4.78 is 0. The van der Waals surface area contributed by atoms with E-state index in [0.717, 1.165) is 0 Å². The fourth-order valence-electron chi connectivity index (χ4n) is 0.528. The van der Waals surface area contributed by atoms with Gasteiger partial charge in [0.25, 0.3) is 0 Å². The van der Waals surface area contributed by atoms with E-state index in [1.54, 1.807) is 0 Å². The van der Waals surface area contributed by atoms with Crippen LogP contribution in [0.2, 0.25) is 0 Å². The molecule has 0 heterocycles. The highest BCUT2D eigenvalue weighted by atomic mass is 16.4. The van der Waals surface area contributed by atoms with Gasteiger partial charge in [-0.15, -0.1) is 0 Å². The Hall–Kier alpha value is -1.14. The Labute approximate surface area is 75.7 Å². The van der Waals surface area contributed by atoms with E-state index in [0.29, 0.717) is 0 Å². The van der Waals surface area contributed by atoms with Crippen molar-refractivity contribution in [2.24, 2.45) is 11.7 Å². The van der Waals surface area contributed by atoms with Crippen molar-refractivity contribution in [2.45, 2.75) is 19.5 Å². The number of carboxylic acids is 2. The molecule has 0 aliphatic heterocycles. The number of nitrogens with two attached hydrogens (primary N) is 1. The average Bonchev–Trinajstić information content (AvgIpc) is 1.99. The third kappa shape index (κ3) is 3.86. The zero-order valence-corrected chi connectivity index (χ0v) is 7.57. The maximum Gasteiger partial charge on any atom is 0.338 e. The van der Waals surface area contributed by atoms with Gasteiger partial charge in [-0.2, -0.15) is 0 Å². The van der Waals surface area contributed by atoms with Crippen molar-refractivity contribution < 1.29 is 19.8 Å². The summed E-state index contributed by atoms with van der Waals surface area (Å²) in [5.74, 6) is -2.87. The fraction of sp³-hybridized carbons (Fsp3) is 0.714. The summed E-state index contributed by atoms with van der Waals surface area (Å²) in [5, 5.41) is 19.5. The molecule has 13 heavy (non-hydrogen) atoms. The van der Waals surface area contributed by atoms with Crippen molar-refractivity contribution in [1.29, 1.82) is 0 Å². The number of hydrogen-bond donors (Lipinski definition) is 4. The second kappa shape index (κ2) is 4.20. The normalized spacial score (nSPS) is 17.5. The van der Waals surface area contributed by atoms with Gasteiger partial charge in [0.05, 0.1) is 5.92 Å². The molecule has 0 fully saturated rings. The molecule has 6 heteroatoms. The van der Waals surface area contributed by atoms with Crippen molar-refractivity contribution in [3.8, 4) is 0 Å². The van der Waals surface area contributed by atoms with Crippen molar-refractivity contribution in [1.82, 2.24) is 5.32 Å². The first-order chi connectivity index (χ1) is 5.77. The molecule has 0 bridgehead atoms. The van der Waals surface area contributed by atoms with E-state index in [1.807, 2.05) is 0 Å². The van der Waals surface area contributed by atoms with Gasteiger partial charge in [0.1, 0.15) is 0 Å². The van der Waals surface area contributed by atoms with Gasteiger partial charge in [0.15, 0.2) is 5.66 Å². The highest BCUT2D eigenvalue weighted by molar-refractivity contribution is 5.77. The summed E-state index contributed by atoms with van der Waals surface area (Å²) in [6, 6.07) is 0. The Morgan fingerprint density at radius 1 is 1.54 bits per heavy atom. The molecule has 0 rings (SSSR count). The third-order valence-electron chi connectivity index (χ3n) is 1.64. The number of hydrogen-bond acceptors (Lipinski definition) is 4. The lowest BCUT2D eigenvalue weighted by Crippen LogP contribution is -2.58. The molecule has 0 saturated heterocycles. The molecule has 0 aromatic heterocycles. The Morgan fingerprint density at radius 2 is 2.00 bits per heavy atom. The van der Waals surface area contributed by atoms with Crippen LogP contribution in [-0.2, 0) is 9.59 Å². The van der Waals surface area contributed by atoms with Crippen molar-refractivity contribution in [3.05, 3.63) is 0 Å². The predicted molar refractivity (Wildman–Crippen MR) is 45.0 cm³/mol. The van der Waals surface area contributed by atoms with E-state index in [1.165, 1.54) is 13.8 Å². The number of nitrogens with one attached hydrogen (secondary N) is 1. The van der Waals surface area contributed by atoms with Crippen molar-refractivity contribution >= 4 is 11.9 Å². The third-order valence-corrected chi connectivity index (χ3v) is 1.64. The molecule has 0 aromatic carbocycles. The molecule has 0 saturated carbocycles. The first kappa shape index (κ1) is 11.9. The van der Waals surface area contributed by atoms with E-state index in [-0.39, 0.29) is 6.54 Å². The summed E-state index contributed by atoms with van der Waals surface area (Å²) in [6.07, 6.45) is 0. The van der Waals surface area contributed by atoms with Crippen LogP contribution in [0.4, 0.5) is 0 Å². The lowest BCUT2D eigenvalue weighted by Gasteiger charge is -2.21. The van der Waals surface area contributed by atoms with E-state index in [9.17, 15) is 9.59 Å². The van der Waals surface area contributed by atoms with Crippen molar-refractivity contribution in [3.63, 3.8) is 0 Å². The second-order valence-electron chi connectivity index (χ2n) is 3.13. The molecule has 0 spiro atoms. The van der Waals surface area contributed by atoms with Crippen LogP contribution in [0, 0.1) is 5.92 Å². The molecule has 6 nitrogen and oxygen atoms in total. The molecular weight excluding hydrogens is 176 g/mol. The molecule has 0 aromatic rings. The molecule has 2 atom stereocenters. The minimum Gasteiger partial charge on any atom is -0.481 e. The summed E-state index contributed by atoms with van der Waals surface area (Å²) >= 11 is 0. The first-order valence-electron chi connectivity index (χ1n) is 3.77. The molecule has 76 valence electrons. The van der Waals surface area contributed by atoms with Crippen LogP contribution in [0.15, 0.2) is 0 Å². The van der Waals surface area contributed by atoms with Gasteiger partial charge < -0.3 is 15.9 Å². The first-order valence-corrected chi connectivity index (χ1v) is 3.77.